The zero-order valence-corrected chi connectivity index (χ0v) is 7.94. The Labute approximate surface area is 68.9 Å². The zero-order valence-electron chi connectivity index (χ0n) is 7.94. The van der Waals surface area contributed by atoms with Crippen molar-refractivity contribution in [3.8, 4) is 0 Å². The van der Waals surface area contributed by atoms with E-state index in [2.05, 4.69) is 20.8 Å². The van der Waals surface area contributed by atoms with Crippen molar-refractivity contribution in [2.75, 3.05) is 13.7 Å². The number of hydrogen-bond donors (Lipinski definition) is 0. The molecule has 1 aliphatic rings. The van der Waals surface area contributed by atoms with Crippen molar-refractivity contribution < 1.29 is 9.47 Å². The highest BCUT2D eigenvalue weighted by Gasteiger charge is 2.45. The normalized spacial score (nSPS) is 32.7. The number of hydrogen-bond acceptors (Lipinski definition) is 2. The lowest BCUT2D eigenvalue weighted by atomic mass is 9.83. The fourth-order valence-electron chi connectivity index (χ4n) is 1.67. The predicted molar refractivity (Wildman–Crippen MR) is 44.4 cm³/mol. The van der Waals surface area contributed by atoms with Crippen LogP contribution in [-0.2, 0) is 9.47 Å². The molecule has 66 valence electrons. The summed E-state index contributed by atoms with van der Waals surface area (Å²) in [6, 6.07) is 0. The van der Waals surface area contributed by atoms with Gasteiger partial charge in [0.2, 0.25) is 0 Å². The van der Waals surface area contributed by atoms with Gasteiger partial charge in [-0.2, -0.15) is 0 Å². The van der Waals surface area contributed by atoms with Gasteiger partial charge in [-0.05, 0) is 6.42 Å². The molecular formula is C9H18O2. The third-order valence-electron chi connectivity index (χ3n) is 2.46. The minimum atomic E-state index is -0.326. The van der Waals surface area contributed by atoms with E-state index in [1.165, 1.54) is 0 Å². The van der Waals surface area contributed by atoms with Crippen molar-refractivity contribution >= 4 is 0 Å². The molecule has 1 fully saturated rings. The summed E-state index contributed by atoms with van der Waals surface area (Å²) >= 11 is 0. The molecule has 1 aliphatic heterocycles. The molecule has 1 unspecified atom stereocenters. The molecule has 0 amide bonds. The Balaban J connectivity index is 2.75. The Kier molecular flexibility index (Phi) is 2.26. The van der Waals surface area contributed by atoms with Gasteiger partial charge in [0.05, 0.1) is 6.61 Å². The Morgan fingerprint density at radius 3 is 2.18 bits per heavy atom. The van der Waals surface area contributed by atoms with Crippen LogP contribution in [0.3, 0.4) is 0 Å². The minimum absolute atomic E-state index is 0.0816. The van der Waals surface area contributed by atoms with Gasteiger partial charge in [-0.15, -0.1) is 0 Å². The van der Waals surface area contributed by atoms with Gasteiger partial charge in [0.25, 0.3) is 0 Å². The van der Waals surface area contributed by atoms with Crippen molar-refractivity contribution in [3.05, 3.63) is 0 Å². The van der Waals surface area contributed by atoms with E-state index in [1.807, 2.05) is 0 Å². The van der Waals surface area contributed by atoms with Crippen molar-refractivity contribution in [1.29, 1.82) is 0 Å². The Morgan fingerprint density at radius 1 is 1.36 bits per heavy atom. The number of ether oxygens (including phenoxy) is 2. The lowest BCUT2D eigenvalue weighted by Gasteiger charge is -2.39. The first-order valence-electron chi connectivity index (χ1n) is 4.21. The molecule has 2 heteroatoms. The lowest BCUT2D eigenvalue weighted by Crippen LogP contribution is -2.43. The van der Waals surface area contributed by atoms with Gasteiger partial charge in [-0.3, -0.25) is 0 Å². The molecule has 2 nitrogen and oxygen atoms in total. The highest BCUT2D eigenvalue weighted by atomic mass is 16.7. The van der Waals surface area contributed by atoms with Gasteiger partial charge in [0, 0.05) is 18.9 Å². The topological polar surface area (TPSA) is 18.5 Å². The first-order chi connectivity index (χ1) is 5.02. The SMILES string of the molecule is COC1(C(C)(C)C)CCCO1. The molecule has 0 N–H and O–H groups in total. The molecule has 0 aromatic carbocycles. The summed E-state index contributed by atoms with van der Waals surface area (Å²) in [5, 5.41) is 0. The molecule has 0 aromatic heterocycles. The zero-order chi connectivity index (χ0) is 8.54. The van der Waals surface area contributed by atoms with Crippen molar-refractivity contribution in [2.24, 2.45) is 5.41 Å². The fraction of sp³-hybridized carbons (Fsp3) is 1.00. The maximum atomic E-state index is 5.63. The third kappa shape index (κ3) is 1.42. The van der Waals surface area contributed by atoms with Crippen molar-refractivity contribution in [3.63, 3.8) is 0 Å². The molecule has 0 radical (unpaired) electrons. The van der Waals surface area contributed by atoms with Crippen LogP contribution in [0.25, 0.3) is 0 Å². The van der Waals surface area contributed by atoms with E-state index in [-0.39, 0.29) is 11.2 Å². The molecule has 0 spiro atoms. The molecule has 1 heterocycles. The Bertz CT molecular complexity index is 129. The molecule has 1 rings (SSSR count). The largest absolute Gasteiger partial charge is 0.353 e. The maximum Gasteiger partial charge on any atom is 0.172 e. The summed E-state index contributed by atoms with van der Waals surface area (Å²) in [6.07, 6.45) is 2.14. The molecule has 0 aliphatic carbocycles. The fourth-order valence-corrected chi connectivity index (χ4v) is 1.67. The van der Waals surface area contributed by atoms with Crippen molar-refractivity contribution in [2.45, 2.75) is 39.4 Å². The average Bonchev–Trinajstić information content (AvgIpc) is 2.33. The first-order valence-corrected chi connectivity index (χ1v) is 4.21. The maximum absolute atomic E-state index is 5.63. The summed E-state index contributed by atoms with van der Waals surface area (Å²) in [7, 11) is 1.73. The van der Waals surface area contributed by atoms with E-state index in [1.54, 1.807) is 7.11 Å². The number of rotatable bonds is 1. The lowest BCUT2D eigenvalue weighted by molar-refractivity contribution is -0.250. The summed E-state index contributed by atoms with van der Waals surface area (Å²) in [4.78, 5) is 0. The van der Waals surface area contributed by atoms with Gasteiger partial charge < -0.3 is 9.47 Å². The van der Waals surface area contributed by atoms with E-state index in [4.69, 9.17) is 9.47 Å². The molecular weight excluding hydrogens is 140 g/mol. The molecule has 0 bridgehead atoms. The highest BCUT2D eigenvalue weighted by molar-refractivity contribution is 4.87. The van der Waals surface area contributed by atoms with E-state index in [0.29, 0.717) is 0 Å². The van der Waals surface area contributed by atoms with E-state index in [0.717, 1.165) is 19.4 Å². The van der Waals surface area contributed by atoms with Gasteiger partial charge in [0.1, 0.15) is 0 Å². The van der Waals surface area contributed by atoms with Crippen LogP contribution in [0.1, 0.15) is 33.6 Å². The average molecular weight is 158 g/mol. The molecule has 11 heavy (non-hydrogen) atoms. The summed E-state index contributed by atoms with van der Waals surface area (Å²) in [5.74, 6) is -0.326. The van der Waals surface area contributed by atoms with E-state index in [9.17, 15) is 0 Å². The van der Waals surface area contributed by atoms with E-state index >= 15 is 0 Å². The molecule has 0 aromatic rings. The predicted octanol–water partition coefficient (Wildman–Crippen LogP) is 2.19. The molecule has 1 atom stereocenters. The molecule has 1 saturated heterocycles. The van der Waals surface area contributed by atoms with Crippen LogP contribution in [-0.4, -0.2) is 19.5 Å². The second kappa shape index (κ2) is 2.76. The Hall–Kier alpha value is -0.0800. The summed E-state index contributed by atoms with van der Waals surface area (Å²) < 4.78 is 11.1. The van der Waals surface area contributed by atoms with Crippen molar-refractivity contribution in [1.82, 2.24) is 0 Å². The van der Waals surface area contributed by atoms with Crippen LogP contribution in [0.5, 0.6) is 0 Å². The van der Waals surface area contributed by atoms with Crippen LogP contribution in [0.4, 0.5) is 0 Å². The standard InChI is InChI=1S/C9H18O2/c1-8(2,3)9(10-4)6-5-7-11-9/h5-7H2,1-4H3. The Morgan fingerprint density at radius 2 is 2.00 bits per heavy atom. The smallest absolute Gasteiger partial charge is 0.172 e. The van der Waals surface area contributed by atoms with Crippen LogP contribution in [0.15, 0.2) is 0 Å². The highest BCUT2D eigenvalue weighted by Crippen LogP contribution is 2.41. The van der Waals surface area contributed by atoms with Gasteiger partial charge in [0.15, 0.2) is 5.79 Å². The van der Waals surface area contributed by atoms with E-state index < -0.39 is 0 Å². The first kappa shape index (κ1) is 9.01. The second-order valence-corrected chi connectivity index (χ2v) is 4.16. The van der Waals surface area contributed by atoms with Gasteiger partial charge in [-0.1, -0.05) is 20.8 Å². The monoisotopic (exact) mass is 158 g/mol. The van der Waals surface area contributed by atoms with Gasteiger partial charge >= 0.3 is 0 Å². The van der Waals surface area contributed by atoms with Crippen LogP contribution < -0.4 is 0 Å². The number of methoxy groups -OCH3 is 1. The minimum Gasteiger partial charge on any atom is -0.353 e. The quantitative estimate of drug-likeness (QED) is 0.582. The summed E-state index contributed by atoms with van der Waals surface area (Å²) in [6.45, 7) is 7.30. The second-order valence-electron chi connectivity index (χ2n) is 4.16. The van der Waals surface area contributed by atoms with Crippen LogP contribution in [0, 0.1) is 5.41 Å². The molecule has 0 saturated carbocycles. The third-order valence-corrected chi connectivity index (χ3v) is 2.46. The van der Waals surface area contributed by atoms with Gasteiger partial charge in [-0.25, -0.2) is 0 Å². The summed E-state index contributed by atoms with van der Waals surface area (Å²) in [5.41, 5.74) is 0.0816. The van der Waals surface area contributed by atoms with Crippen LogP contribution in [0.2, 0.25) is 0 Å². The van der Waals surface area contributed by atoms with Crippen LogP contribution >= 0.6 is 0 Å².